The summed E-state index contributed by atoms with van der Waals surface area (Å²) in [5, 5.41) is 4.55. The average molecular weight is 391 g/mol. The van der Waals surface area contributed by atoms with Crippen LogP contribution in [0.4, 0.5) is 0 Å². The molecule has 0 saturated heterocycles. The van der Waals surface area contributed by atoms with Crippen molar-refractivity contribution in [3.63, 3.8) is 0 Å². The lowest BCUT2D eigenvalue weighted by Crippen LogP contribution is -2.27. The van der Waals surface area contributed by atoms with Gasteiger partial charge in [0, 0.05) is 12.0 Å². The lowest BCUT2D eigenvalue weighted by molar-refractivity contribution is -0.120. The van der Waals surface area contributed by atoms with Gasteiger partial charge in [-0.05, 0) is 35.7 Å². The highest BCUT2D eigenvalue weighted by Gasteiger charge is 2.19. The van der Waals surface area contributed by atoms with Gasteiger partial charge in [0.15, 0.2) is 11.6 Å². The summed E-state index contributed by atoms with van der Waals surface area (Å²) in [6, 6.07) is 14.6. The summed E-state index contributed by atoms with van der Waals surface area (Å²) < 4.78 is 8.05. The third kappa shape index (κ3) is 4.54. The normalized spacial score (nSPS) is 10.9. The molecule has 0 atom stereocenters. The maximum atomic E-state index is 13.2. The van der Waals surface area contributed by atoms with E-state index in [9.17, 15) is 9.59 Å². The first kappa shape index (κ1) is 20.3. The molecule has 3 aromatic rings. The molecule has 0 bridgehead atoms. The molecule has 1 aromatic heterocycles. The topological polar surface area (TPSA) is 66.1 Å². The maximum Gasteiger partial charge on any atom is 0.351 e. The van der Waals surface area contributed by atoms with Crippen LogP contribution in [0.1, 0.15) is 25.8 Å². The minimum Gasteiger partial charge on any atom is -0.497 e. The second-order valence-electron chi connectivity index (χ2n) is 7.27. The standard InChI is InChI=1S/C23H25N3O3/c1-5-17-9-11-19(12-10-17)26-23(28)25(15-20(27)13-16(2)3)22(24-26)18-7-6-8-21(14-18)29-4/h5-12,14,16H,1,13,15H2,2-4H3. The van der Waals surface area contributed by atoms with Crippen molar-refractivity contribution in [1.82, 2.24) is 14.3 Å². The summed E-state index contributed by atoms with van der Waals surface area (Å²) in [4.78, 5) is 25.6. The first-order chi connectivity index (χ1) is 13.9. The molecule has 6 nitrogen and oxygen atoms in total. The van der Waals surface area contributed by atoms with Crippen LogP contribution in [-0.2, 0) is 11.3 Å². The Morgan fingerprint density at radius 3 is 2.55 bits per heavy atom. The number of Topliss-reactive ketones (excluding diaryl/α,β-unsaturated/α-hetero) is 1. The number of hydrogen-bond donors (Lipinski definition) is 0. The van der Waals surface area contributed by atoms with E-state index in [1.54, 1.807) is 31.4 Å². The summed E-state index contributed by atoms with van der Waals surface area (Å²) in [5.74, 6) is 1.30. The monoisotopic (exact) mass is 391 g/mol. The van der Waals surface area contributed by atoms with Crippen molar-refractivity contribution in [2.75, 3.05) is 7.11 Å². The number of methoxy groups -OCH3 is 1. The van der Waals surface area contributed by atoms with Crippen LogP contribution in [0.3, 0.4) is 0 Å². The fourth-order valence-corrected chi connectivity index (χ4v) is 3.13. The molecule has 150 valence electrons. The van der Waals surface area contributed by atoms with E-state index in [4.69, 9.17) is 4.74 Å². The van der Waals surface area contributed by atoms with E-state index in [1.165, 1.54) is 9.25 Å². The molecule has 3 rings (SSSR count). The number of benzene rings is 2. The van der Waals surface area contributed by atoms with Gasteiger partial charge in [0.05, 0.1) is 19.3 Å². The van der Waals surface area contributed by atoms with Crippen LogP contribution in [-0.4, -0.2) is 27.2 Å². The van der Waals surface area contributed by atoms with Gasteiger partial charge in [-0.2, -0.15) is 4.68 Å². The van der Waals surface area contributed by atoms with Gasteiger partial charge in [0.1, 0.15) is 5.75 Å². The van der Waals surface area contributed by atoms with E-state index in [2.05, 4.69) is 11.7 Å². The Bertz CT molecular complexity index is 1080. The number of ketones is 1. The molecule has 0 saturated carbocycles. The summed E-state index contributed by atoms with van der Waals surface area (Å²) in [6.07, 6.45) is 2.14. The van der Waals surface area contributed by atoms with Gasteiger partial charge < -0.3 is 4.74 Å². The second kappa shape index (κ2) is 8.73. The summed E-state index contributed by atoms with van der Waals surface area (Å²) in [7, 11) is 1.58. The summed E-state index contributed by atoms with van der Waals surface area (Å²) in [6.45, 7) is 7.68. The van der Waals surface area contributed by atoms with Crippen LogP contribution in [0.2, 0.25) is 0 Å². The van der Waals surface area contributed by atoms with Gasteiger partial charge in [-0.25, -0.2) is 4.79 Å². The van der Waals surface area contributed by atoms with Crippen LogP contribution in [0.25, 0.3) is 23.2 Å². The van der Waals surface area contributed by atoms with Crippen molar-refractivity contribution in [1.29, 1.82) is 0 Å². The second-order valence-corrected chi connectivity index (χ2v) is 7.27. The molecule has 2 aromatic carbocycles. The minimum absolute atomic E-state index is 0.00667. The number of carbonyl (C=O) groups excluding carboxylic acids is 1. The highest BCUT2D eigenvalue weighted by Crippen LogP contribution is 2.22. The van der Waals surface area contributed by atoms with Crippen LogP contribution in [0, 0.1) is 5.92 Å². The fourth-order valence-electron chi connectivity index (χ4n) is 3.13. The smallest absolute Gasteiger partial charge is 0.351 e. The molecule has 6 heteroatoms. The van der Waals surface area contributed by atoms with E-state index < -0.39 is 0 Å². The maximum absolute atomic E-state index is 13.2. The number of carbonyl (C=O) groups is 1. The van der Waals surface area contributed by atoms with Crippen molar-refractivity contribution in [3.8, 4) is 22.8 Å². The molecular formula is C23H25N3O3. The third-order valence-electron chi connectivity index (χ3n) is 4.53. The van der Waals surface area contributed by atoms with Crippen LogP contribution >= 0.6 is 0 Å². The van der Waals surface area contributed by atoms with Crippen molar-refractivity contribution in [2.24, 2.45) is 5.92 Å². The molecule has 0 unspecified atom stereocenters. The molecule has 1 heterocycles. The zero-order valence-electron chi connectivity index (χ0n) is 17.0. The zero-order chi connectivity index (χ0) is 21.0. The van der Waals surface area contributed by atoms with E-state index >= 15 is 0 Å². The van der Waals surface area contributed by atoms with E-state index in [1.807, 2.05) is 44.2 Å². The van der Waals surface area contributed by atoms with Gasteiger partial charge >= 0.3 is 5.69 Å². The highest BCUT2D eigenvalue weighted by molar-refractivity contribution is 5.79. The van der Waals surface area contributed by atoms with Crippen molar-refractivity contribution in [3.05, 3.63) is 71.2 Å². The minimum atomic E-state index is -0.355. The predicted molar refractivity (Wildman–Crippen MR) is 114 cm³/mol. The molecule has 0 fully saturated rings. The molecule has 0 amide bonds. The van der Waals surface area contributed by atoms with Crippen molar-refractivity contribution in [2.45, 2.75) is 26.8 Å². The largest absolute Gasteiger partial charge is 0.497 e. The van der Waals surface area contributed by atoms with Gasteiger partial charge in [0.25, 0.3) is 0 Å². The Balaban J connectivity index is 2.12. The molecule has 0 aliphatic rings. The highest BCUT2D eigenvalue weighted by atomic mass is 16.5. The zero-order valence-corrected chi connectivity index (χ0v) is 17.0. The van der Waals surface area contributed by atoms with E-state index in [-0.39, 0.29) is 23.9 Å². The van der Waals surface area contributed by atoms with E-state index in [0.717, 1.165) is 5.56 Å². The van der Waals surface area contributed by atoms with Gasteiger partial charge in [-0.1, -0.05) is 50.8 Å². The lowest BCUT2D eigenvalue weighted by atomic mass is 10.1. The predicted octanol–water partition coefficient (Wildman–Crippen LogP) is 3.97. The molecule has 0 aliphatic carbocycles. The Morgan fingerprint density at radius 2 is 1.93 bits per heavy atom. The van der Waals surface area contributed by atoms with E-state index in [0.29, 0.717) is 29.2 Å². The number of ether oxygens (including phenoxy) is 1. The Kier molecular flexibility index (Phi) is 6.12. The Labute approximate surface area is 170 Å². The number of nitrogens with zero attached hydrogens (tertiary/aromatic N) is 3. The fraction of sp³-hybridized carbons (Fsp3) is 0.261. The molecule has 0 radical (unpaired) electrons. The first-order valence-corrected chi connectivity index (χ1v) is 9.51. The molecule has 29 heavy (non-hydrogen) atoms. The summed E-state index contributed by atoms with van der Waals surface area (Å²) in [5.41, 5.74) is 1.92. The third-order valence-corrected chi connectivity index (χ3v) is 4.53. The molecule has 0 spiro atoms. The molecule has 0 aliphatic heterocycles. The van der Waals surface area contributed by atoms with Crippen molar-refractivity contribution >= 4 is 11.9 Å². The number of aromatic nitrogens is 3. The summed E-state index contributed by atoms with van der Waals surface area (Å²) >= 11 is 0. The van der Waals surface area contributed by atoms with Crippen LogP contribution < -0.4 is 10.4 Å². The Morgan fingerprint density at radius 1 is 1.21 bits per heavy atom. The molecular weight excluding hydrogens is 366 g/mol. The molecule has 0 N–H and O–H groups in total. The van der Waals surface area contributed by atoms with Gasteiger partial charge in [-0.3, -0.25) is 9.36 Å². The lowest BCUT2D eigenvalue weighted by Gasteiger charge is -2.08. The Hall–Kier alpha value is -3.41. The average Bonchev–Trinajstić information content (AvgIpc) is 3.03. The SMILES string of the molecule is C=Cc1ccc(-n2nc(-c3cccc(OC)c3)n(CC(=O)CC(C)C)c2=O)cc1. The van der Waals surface area contributed by atoms with Gasteiger partial charge in [-0.15, -0.1) is 5.10 Å². The van der Waals surface area contributed by atoms with Crippen LogP contribution in [0.5, 0.6) is 5.75 Å². The van der Waals surface area contributed by atoms with Crippen molar-refractivity contribution < 1.29 is 9.53 Å². The number of rotatable bonds is 8. The van der Waals surface area contributed by atoms with Gasteiger partial charge in [0.2, 0.25) is 0 Å². The van der Waals surface area contributed by atoms with Crippen LogP contribution in [0.15, 0.2) is 59.9 Å². The quantitative estimate of drug-likeness (QED) is 0.583. The first-order valence-electron chi connectivity index (χ1n) is 9.51. The number of hydrogen-bond acceptors (Lipinski definition) is 4.